The molecule has 0 aliphatic carbocycles. The molecule has 0 radical (unpaired) electrons. The summed E-state index contributed by atoms with van der Waals surface area (Å²) in [7, 11) is 8.49. The molecule has 0 aliphatic heterocycles. The quantitative estimate of drug-likeness (QED) is 0.834. The van der Waals surface area contributed by atoms with Gasteiger partial charge < -0.3 is 15.1 Å². The van der Waals surface area contributed by atoms with Gasteiger partial charge in [0.2, 0.25) is 0 Å². The first-order valence-corrected chi connectivity index (χ1v) is 8.61. The lowest BCUT2D eigenvalue weighted by molar-refractivity contribution is 0.245. The first-order chi connectivity index (χ1) is 11.4. The smallest absolute Gasteiger partial charge is 0.0477 e. The number of aryl methyl sites for hydroxylation is 1. The molecule has 2 aromatic rings. The highest BCUT2D eigenvalue weighted by Gasteiger charge is 2.21. The Labute approximate surface area is 147 Å². The van der Waals surface area contributed by atoms with Crippen LogP contribution in [0, 0.1) is 6.92 Å². The molecule has 130 valence electrons. The molecule has 0 spiro atoms. The number of hydrogen-bond acceptors (Lipinski definition) is 3. The number of benzene rings is 2. The third-order valence-electron chi connectivity index (χ3n) is 4.69. The fraction of sp³-hybridized carbons (Fsp3) is 0.429. The summed E-state index contributed by atoms with van der Waals surface area (Å²) < 4.78 is 0. The Bertz CT molecular complexity index is 635. The molecule has 0 aromatic heterocycles. The van der Waals surface area contributed by atoms with E-state index in [2.05, 4.69) is 106 Å². The van der Waals surface area contributed by atoms with Crippen LogP contribution in [0.4, 0.5) is 5.69 Å². The van der Waals surface area contributed by atoms with E-state index in [0.29, 0.717) is 6.04 Å². The molecule has 2 rings (SSSR count). The van der Waals surface area contributed by atoms with Gasteiger partial charge in [0.05, 0.1) is 0 Å². The SMILES string of the molecule is Cc1ccc(CNC(c2ccccc2)C(C)N(C)C)c(N(C)C)c1. The third kappa shape index (κ3) is 4.59. The van der Waals surface area contributed by atoms with E-state index in [9.17, 15) is 0 Å². The molecule has 0 amide bonds. The van der Waals surface area contributed by atoms with Crippen LogP contribution >= 0.6 is 0 Å². The number of nitrogens with zero attached hydrogens (tertiary/aromatic N) is 2. The highest BCUT2D eigenvalue weighted by atomic mass is 15.1. The summed E-state index contributed by atoms with van der Waals surface area (Å²) in [6, 6.07) is 18.1. The third-order valence-corrected chi connectivity index (χ3v) is 4.69. The predicted molar refractivity (Wildman–Crippen MR) is 105 cm³/mol. The molecule has 24 heavy (non-hydrogen) atoms. The van der Waals surface area contributed by atoms with Crippen molar-refractivity contribution in [1.82, 2.24) is 10.2 Å². The van der Waals surface area contributed by atoms with E-state index in [1.54, 1.807) is 0 Å². The average Bonchev–Trinajstić information content (AvgIpc) is 2.56. The summed E-state index contributed by atoms with van der Waals surface area (Å²) in [6.07, 6.45) is 0. The van der Waals surface area contributed by atoms with E-state index < -0.39 is 0 Å². The second kappa shape index (κ2) is 8.32. The highest BCUT2D eigenvalue weighted by molar-refractivity contribution is 5.54. The van der Waals surface area contributed by atoms with Crippen LogP contribution in [-0.4, -0.2) is 39.1 Å². The van der Waals surface area contributed by atoms with Gasteiger partial charge in [0, 0.05) is 38.4 Å². The number of anilines is 1. The lowest BCUT2D eigenvalue weighted by Crippen LogP contribution is -2.39. The van der Waals surface area contributed by atoms with Crippen LogP contribution in [0.5, 0.6) is 0 Å². The van der Waals surface area contributed by atoms with Crippen molar-refractivity contribution in [3.63, 3.8) is 0 Å². The molecule has 3 heteroatoms. The van der Waals surface area contributed by atoms with Crippen LogP contribution in [0.2, 0.25) is 0 Å². The van der Waals surface area contributed by atoms with E-state index in [4.69, 9.17) is 0 Å². The van der Waals surface area contributed by atoms with Crippen LogP contribution in [0.25, 0.3) is 0 Å². The van der Waals surface area contributed by atoms with Crippen LogP contribution in [0.15, 0.2) is 48.5 Å². The first kappa shape index (κ1) is 18.5. The number of rotatable bonds is 7. The van der Waals surface area contributed by atoms with Crippen molar-refractivity contribution in [2.45, 2.75) is 32.5 Å². The minimum absolute atomic E-state index is 0.289. The molecule has 0 saturated heterocycles. The molecule has 2 aromatic carbocycles. The molecule has 2 unspecified atom stereocenters. The Balaban J connectivity index is 2.23. The Hall–Kier alpha value is -1.84. The van der Waals surface area contributed by atoms with Gasteiger partial charge in [-0.2, -0.15) is 0 Å². The Kier molecular flexibility index (Phi) is 6.41. The number of hydrogen-bond donors (Lipinski definition) is 1. The van der Waals surface area contributed by atoms with E-state index >= 15 is 0 Å². The Morgan fingerprint density at radius 2 is 1.62 bits per heavy atom. The second-order valence-electron chi connectivity index (χ2n) is 7.00. The summed E-state index contributed by atoms with van der Waals surface area (Å²) in [5.74, 6) is 0. The van der Waals surface area contributed by atoms with Crippen LogP contribution in [0.1, 0.15) is 29.7 Å². The van der Waals surface area contributed by atoms with E-state index in [0.717, 1.165) is 6.54 Å². The van der Waals surface area contributed by atoms with Crippen LogP contribution in [-0.2, 0) is 6.54 Å². The zero-order chi connectivity index (χ0) is 17.7. The number of nitrogens with one attached hydrogen (secondary N) is 1. The standard InChI is InChI=1S/C21H31N3/c1-16-12-13-19(20(14-16)24(5)6)15-22-21(17(2)23(3)4)18-10-8-7-9-11-18/h7-14,17,21-22H,15H2,1-6H3. The van der Waals surface area contributed by atoms with Crippen molar-refractivity contribution in [2.24, 2.45) is 0 Å². The predicted octanol–water partition coefficient (Wildman–Crippen LogP) is 3.84. The van der Waals surface area contributed by atoms with Crippen molar-refractivity contribution in [1.29, 1.82) is 0 Å². The maximum Gasteiger partial charge on any atom is 0.0477 e. The van der Waals surface area contributed by atoms with Gasteiger partial charge in [0.15, 0.2) is 0 Å². The summed E-state index contributed by atoms with van der Waals surface area (Å²) in [5.41, 5.74) is 5.24. The van der Waals surface area contributed by atoms with E-state index in [1.165, 1.54) is 22.4 Å². The molecule has 0 bridgehead atoms. The Morgan fingerprint density at radius 3 is 2.21 bits per heavy atom. The van der Waals surface area contributed by atoms with Gasteiger partial charge in [-0.15, -0.1) is 0 Å². The number of likely N-dealkylation sites (N-methyl/N-ethyl adjacent to an activating group) is 1. The first-order valence-electron chi connectivity index (χ1n) is 8.61. The second-order valence-corrected chi connectivity index (χ2v) is 7.00. The lowest BCUT2D eigenvalue weighted by Gasteiger charge is -2.31. The van der Waals surface area contributed by atoms with Crippen molar-refractivity contribution in [2.75, 3.05) is 33.1 Å². The van der Waals surface area contributed by atoms with Crippen molar-refractivity contribution in [3.8, 4) is 0 Å². The van der Waals surface area contributed by atoms with Gasteiger partial charge in [-0.1, -0.05) is 42.5 Å². The maximum atomic E-state index is 3.78. The zero-order valence-electron chi connectivity index (χ0n) is 15.9. The fourth-order valence-electron chi connectivity index (χ4n) is 2.99. The summed E-state index contributed by atoms with van der Waals surface area (Å²) >= 11 is 0. The van der Waals surface area contributed by atoms with Gasteiger partial charge in [-0.05, 0) is 50.7 Å². The molecule has 0 heterocycles. The van der Waals surface area contributed by atoms with Crippen molar-refractivity contribution in [3.05, 3.63) is 65.2 Å². The highest BCUT2D eigenvalue weighted by Crippen LogP contribution is 2.24. The average molecular weight is 326 g/mol. The van der Waals surface area contributed by atoms with Gasteiger partial charge >= 0.3 is 0 Å². The summed E-state index contributed by atoms with van der Waals surface area (Å²) in [6.45, 7) is 5.27. The van der Waals surface area contributed by atoms with Gasteiger partial charge in [0.1, 0.15) is 0 Å². The van der Waals surface area contributed by atoms with Crippen molar-refractivity contribution < 1.29 is 0 Å². The molecule has 1 N–H and O–H groups in total. The Morgan fingerprint density at radius 1 is 0.958 bits per heavy atom. The van der Waals surface area contributed by atoms with E-state index in [-0.39, 0.29) is 6.04 Å². The summed E-state index contributed by atoms with van der Waals surface area (Å²) in [4.78, 5) is 4.46. The van der Waals surface area contributed by atoms with Gasteiger partial charge in [-0.3, -0.25) is 0 Å². The normalized spacial score (nSPS) is 13.8. The summed E-state index contributed by atoms with van der Waals surface area (Å²) in [5, 5.41) is 3.78. The van der Waals surface area contributed by atoms with Gasteiger partial charge in [0.25, 0.3) is 0 Å². The van der Waals surface area contributed by atoms with E-state index in [1.807, 2.05) is 0 Å². The minimum atomic E-state index is 0.289. The zero-order valence-corrected chi connectivity index (χ0v) is 15.9. The molecule has 0 fully saturated rings. The molecular weight excluding hydrogens is 294 g/mol. The molecule has 0 aliphatic rings. The van der Waals surface area contributed by atoms with Crippen molar-refractivity contribution >= 4 is 5.69 Å². The van der Waals surface area contributed by atoms with Crippen LogP contribution in [0.3, 0.4) is 0 Å². The molecular formula is C21H31N3. The molecule has 2 atom stereocenters. The maximum absolute atomic E-state index is 3.78. The monoisotopic (exact) mass is 325 g/mol. The molecule has 3 nitrogen and oxygen atoms in total. The largest absolute Gasteiger partial charge is 0.377 e. The minimum Gasteiger partial charge on any atom is -0.377 e. The van der Waals surface area contributed by atoms with Gasteiger partial charge in [-0.25, -0.2) is 0 Å². The fourth-order valence-corrected chi connectivity index (χ4v) is 2.99. The lowest BCUT2D eigenvalue weighted by atomic mass is 9.99. The molecule has 0 saturated carbocycles. The topological polar surface area (TPSA) is 18.5 Å². The van der Waals surface area contributed by atoms with Crippen LogP contribution < -0.4 is 10.2 Å².